The Balaban J connectivity index is 1.88. The average Bonchev–Trinajstić information content (AvgIpc) is 2.58. The van der Waals surface area contributed by atoms with E-state index >= 15 is 0 Å². The molecule has 1 heterocycles. The molecule has 2 rings (SSSR count). The van der Waals surface area contributed by atoms with E-state index in [0.717, 1.165) is 29.7 Å². The summed E-state index contributed by atoms with van der Waals surface area (Å²) in [6.45, 7) is 7.54. The fourth-order valence-electron chi connectivity index (χ4n) is 1.93. The molecule has 0 aromatic heterocycles. The first-order valence-electron chi connectivity index (χ1n) is 5.45. The lowest BCUT2D eigenvalue weighted by molar-refractivity contribution is 0.229. The van der Waals surface area contributed by atoms with Crippen molar-refractivity contribution in [2.24, 2.45) is 0 Å². The number of fused-ring (bicyclic) bond motifs is 1. The molecule has 86 valence electrons. The van der Waals surface area contributed by atoms with Gasteiger partial charge in [-0.1, -0.05) is 40.2 Å². The highest BCUT2D eigenvalue weighted by Crippen LogP contribution is 2.29. The van der Waals surface area contributed by atoms with E-state index in [4.69, 9.17) is 4.74 Å². The van der Waals surface area contributed by atoms with Gasteiger partial charge < -0.3 is 10.1 Å². The smallest absolute Gasteiger partial charge is 0.123 e. The van der Waals surface area contributed by atoms with E-state index in [1.165, 1.54) is 11.1 Å². The molecule has 3 heteroatoms. The van der Waals surface area contributed by atoms with Gasteiger partial charge in [-0.3, -0.25) is 0 Å². The number of aryl methyl sites for hydroxylation is 1. The second-order valence-corrected chi connectivity index (χ2v) is 5.32. The molecule has 0 amide bonds. The third kappa shape index (κ3) is 2.86. The minimum absolute atomic E-state index is 0.253. The van der Waals surface area contributed by atoms with Crippen LogP contribution in [-0.2, 0) is 6.42 Å². The van der Waals surface area contributed by atoms with Crippen molar-refractivity contribution >= 4 is 15.9 Å². The van der Waals surface area contributed by atoms with Crippen molar-refractivity contribution in [1.29, 1.82) is 0 Å². The van der Waals surface area contributed by atoms with Crippen LogP contribution in [0.1, 0.15) is 11.1 Å². The van der Waals surface area contributed by atoms with Gasteiger partial charge in [-0.05, 0) is 18.6 Å². The quantitative estimate of drug-likeness (QED) is 0.917. The van der Waals surface area contributed by atoms with Gasteiger partial charge in [-0.25, -0.2) is 0 Å². The Bertz CT molecular complexity index is 403. The molecule has 2 nitrogen and oxygen atoms in total. The lowest BCUT2D eigenvalue weighted by atomic mass is 10.1. The topological polar surface area (TPSA) is 21.3 Å². The molecule has 0 saturated heterocycles. The molecule has 0 spiro atoms. The SMILES string of the molecule is C=C(Br)CNCC1Cc2cc(C)ccc2O1. The Kier molecular flexibility index (Phi) is 3.66. The van der Waals surface area contributed by atoms with Gasteiger partial charge in [0.25, 0.3) is 0 Å². The normalized spacial score (nSPS) is 18.0. The van der Waals surface area contributed by atoms with Crippen LogP contribution in [0.3, 0.4) is 0 Å². The molecule has 0 bridgehead atoms. The van der Waals surface area contributed by atoms with Crippen LogP contribution < -0.4 is 10.1 Å². The van der Waals surface area contributed by atoms with Crippen LogP contribution in [0, 0.1) is 6.92 Å². The number of nitrogens with one attached hydrogen (secondary N) is 1. The van der Waals surface area contributed by atoms with Crippen molar-refractivity contribution in [3.8, 4) is 5.75 Å². The summed E-state index contributed by atoms with van der Waals surface area (Å²) in [5, 5.41) is 3.30. The third-order valence-corrected chi connectivity index (χ3v) is 2.93. The zero-order valence-electron chi connectivity index (χ0n) is 9.42. The molecule has 0 radical (unpaired) electrons. The molecular formula is C13H16BrNO. The van der Waals surface area contributed by atoms with Gasteiger partial charge in [0.2, 0.25) is 0 Å². The van der Waals surface area contributed by atoms with Gasteiger partial charge in [-0.2, -0.15) is 0 Å². The summed E-state index contributed by atoms with van der Waals surface area (Å²) >= 11 is 3.32. The van der Waals surface area contributed by atoms with Gasteiger partial charge in [0.15, 0.2) is 0 Å². The summed E-state index contributed by atoms with van der Waals surface area (Å²) in [7, 11) is 0. The van der Waals surface area contributed by atoms with E-state index in [-0.39, 0.29) is 6.10 Å². The van der Waals surface area contributed by atoms with Crippen molar-refractivity contribution in [3.05, 3.63) is 40.4 Å². The highest BCUT2D eigenvalue weighted by Gasteiger charge is 2.22. The maximum absolute atomic E-state index is 5.84. The van der Waals surface area contributed by atoms with Gasteiger partial charge >= 0.3 is 0 Å². The number of halogens is 1. The monoisotopic (exact) mass is 281 g/mol. The van der Waals surface area contributed by atoms with Gasteiger partial charge in [0, 0.05) is 24.0 Å². The molecule has 1 aromatic rings. The summed E-state index contributed by atoms with van der Waals surface area (Å²) in [6.07, 6.45) is 1.25. The van der Waals surface area contributed by atoms with E-state index in [1.807, 2.05) is 0 Å². The molecule has 1 atom stereocenters. The van der Waals surface area contributed by atoms with Crippen LogP contribution in [0.5, 0.6) is 5.75 Å². The summed E-state index contributed by atoms with van der Waals surface area (Å²) in [4.78, 5) is 0. The first-order chi connectivity index (χ1) is 7.65. The first-order valence-corrected chi connectivity index (χ1v) is 6.24. The van der Waals surface area contributed by atoms with Crippen LogP contribution in [0.25, 0.3) is 0 Å². The van der Waals surface area contributed by atoms with Crippen LogP contribution in [0.2, 0.25) is 0 Å². The minimum Gasteiger partial charge on any atom is -0.488 e. The zero-order chi connectivity index (χ0) is 11.5. The van der Waals surface area contributed by atoms with E-state index in [2.05, 4.69) is 52.9 Å². The molecule has 1 aliphatic rings. The average molecular weight is 282 g/mol. The van der Waals surface area contributed by atoms with Gasteiger partial charge in [0.1, 0.15) is 11.9 Å². The highest BCUT2D eigenvalue weighted by atomic mass is 79.9. The Morgan fingerprint density at radius 2 is 2.44 bits per heavy atom. The number of ether oxygens (including phenoxy) is 1. The van der Waals surface area contributed by atoms with Crippen molar-refractivity contribution < 1.29 is 4.74 Å². The molecule has 1 unspecified atom stereocenters. The van der Waals surface area contributed by atoms with Crippen LogP contribution >= 0.6 is 15.9 Å². The third-order valence-electron chi connectivity index (χ3n) is 2.65. The molecule has 0 fully saturated rings. The largest absolute Gasteiger partial charge is 0.488 e. The highest BCUT2D eigenvalue weighted by molar-refractivity contribution is 9.11. The van der Waals surface area contributed by atoms with Crippen LogP contribution in [0.4, 0.5) is 0 Å². The Labute approximate surface area is 105 Å². The Morgan fingerprint density at radius 1 is 1.62 bits per heavy atom. The van der Waals surface area contributed by atoms with Crippen molar-refractivity contribution in [1.82, 2.24) is 5.32 Å². The van der Waals surface area contributed by atoms with Crippen LogP contribution in [0.15, 0.2) is 29.3 Å². The fourth-order valence-corrected chi connectivity index (χ4v) is 2.13. The van der Waals surface area contributed by atoms with Crippen molar-refractivity contribution in [2.75, 3.05) is 13.1 Å². The predicted molar refractivity (Wildman–Crippen MR) is 70.2 cm³/mol. The second-order valence-electron chi connectivity index (χ2n) is 4.20. The lowest BCUT2D eigenvalue weighted by Crippen LogP contribution is -2.30. The molecular weight excluding hydrogens is 266 g/mol. The van der Waals surface area contributed by atoms with E-state index in [1.54, 1.807) is 0 Å². The van der Waals surface area contributed by atoms with Gasteiger partial charge in [-0.15, -0.1) is 0 Å². The summed E-state index contributed by atoms with van der Waals surface area (Å²) < 4.78 is 6.81. The molecule has 0 saturated carbocycles. The summed E-state index contributed by atoms with van der Waals surface area (Å²) in [5.41, 5.74) is 2.62. The Hall–Kier alpha value is -0.800. The van der Waals surface area contributed by atoms with Gasteiger partial charge in [0.05, 0.1) is 0 Å². The second kappa shape index (κ2) is 5.02. The number of rotatable bonds is 4. The first kappa shape index (κ1) is 11.7. The molecule has 1 aromatic carbocycles. The minimum atomic E-state index is 0.253. The van der Waals surface area contributed by atoms with E-state index in [0.29, 0.717) is 0 Å². The molecule has 1 aliphatic heterocycles. The maximum Gasteiger partial charge on any atom is 0.123 e. The lowest BCUT2D eigenvalue weighted by Gasteiger charge is -2.11. The van der Waals surface area contributed by atoms with Crippen LogP contribution in [-0.4, -0.2) is 19.2 Å². The number of hydrogen-bond acceptors (Lipinski definition) is 2. The zero-order valence-corrected chi connectivity index (χ0v) is 11.0. The number of hydrogen-bond donors (Lipinski definition) is 1. The van der Waals surface area contributed by atoms with E-state index < -0.39 is 0 Å². The summed E-state index contributed by atoms with van der Waals surface area (Å²) in [5.74, 6) is 1.04. The number of benzene rings is 1. The maximum atomic E-state index is 5.84. The fraction of sp³-hybridized carbons (Fsp3) is 0.385. The molecule has 0 aliphatic carbocycles. The molecule has 1 N–H and O–H groups in total. The van der Waals surface area contributed by atoms with E-state index in [9.17, 15) is 0 Å². The van der Waals surface area contributed by atoms with Crippen molar-refractivity contribution in [2.45, 2.75) is 19.4 Å². The molecule has 16 heavy (non-hydrogen) atoms. The van der Waals surface area contributed by atoms with Crippen molar-refractivity contribution in [3.63, 3.8) is 0 Å². The Morgan fingerprint density at radius 3 is 3.19 bits per heavy atom. The standard InChI is InChI=1S/C13H16BrNO/c1-9-3-4-13-11(5-9)6-12(16-13)8-15-7-10(2)14/h3-5,12,15H,2,6-8H2,1H3. The predicted octanol–water partition coefficient (Wildman–Crippen LogP) is 2.80. The summed E-state index contributed by atoms with van der Waals surface area (Å²) in [6, 6.07) is 6.36.